The van der Waals surface area contributed by atoms with Crippen molar-refractivity contribution in [1.29, 1.82) is 0 Å². The zero-order chi connectivity index (χ0) is 7.42. The zero-order valence-corrected chi connectivity index (χ0v) is 6.62. The Balaban J connectivity index is 1.99. The van der Waals surface area contributed by atoms with Gasteiger partial charge >= 0.3 is 0 Å². The molecular formula is C9H12N2. The van der Waals surface area contributed by atoms with Gasteiger partial charge in [-0.05, 0) is 19.3 Å². The molecule has 58 valence electrons. The van der Waals surface area contributed by atoms with E-state index in [4.69, 9.17) is 0 Å². The maximum atomic E-state index is 4.59. The van der Waals surface area contributed by atoms with E-state index < -0.39 is 0 Å². The van der Waals surface area contributed by atoms with Crippen molar-refractivity contribution in [3.63, 3.8) is 0 Å². The fourth-order valence-corrected chi connectivity index (χ4v) is 2.67. The summed E-state index contributed by atoms with van der Waals surface area (Å²) in [6, 6.07) is 1.22. The Morgan fingerprint density at radius 3 is 3.09 bits per heavy atom. The van der Waals surface area contributed by atoms with Crippen molar-refractivity contribution in [2.75, 3.05) is 0 Å². The molecule has 2 nitrogen and oxygen atoms in total. The number of rotatable bonds is 0. The molecular weight excluding hydrogens is 136 g/mol. The van der Waals surface area contributed by atoms with Crippen molar-refractivity contribution in [2.24, 2.45) is 16.8 Å². The van der Waals surface area contributed by atoms with Crippen LogP contribution in [0.25, 0.3) is 0 Å². The number of hydrogen-bond acceptors (Lipinski definition) is 2. The average molecular weight is 148 g/mol. The van der Waals surface area contributed by atoms with E-state index in [1.807, 2.05) is 0 Å². The molecule has 2 heteroatoms. The molecule has 0 radical (unpaired) electrons. The summed E-state index contributed by atoms with van der Waals surface area (Å²) in [6.45, 7) is 2.07. The second kappa shape index (κ2) is 1.68. The summed E-state index contributed by atoms with van der Waals surface area (Å²) in [5.41, 5.74) is 0. The van der Waals surface area contributed by atoms with Crippen LogP contribution in [0.2, 0.25) is 0 Å². The minimum absolute atomic E-state index is 0.574. The Morgan fingerprint density at radius 1 is 1.45 bits per heavy atom. The smallest absolute Gasteiger partial charge is 0.0939 e. The topological polar surface area (TPSA) is 24.4 Å². The standard InChI is InChI=1S/C9H12N2/c1-5-10-8-6-2-3-7(4-6)9(8)11-5/h2-3,6-9H,4H2,1H3,(H,10,11)/t6-,7+,8-,9+. The van der Waals surface area contributed by atoms with Crippen LogP contribution in [0.1, 0.15) is 13.3 Å². The predicted octanol–water partition coefficient (Wildman–Crippen LogP) is 0.951. The lowest BCUT2D eigenvalue weighted by Gasteiger charge is -2.18. The minimum Gasteiger partial charge on any atom is -0.369 e. The van der Waals surface area contributed by atoms with Gasteiger partial charge < -0.3 is 5.32 Å². The molecule has 3 rings (SSSR count). The SMILES string of the molecule is CC1=N[C@@H]2[C@H](N1)[C@@H]1C=C[C@H]2C1. The summed E-state index contributed by atoms with van der Waals surface area (Å²) in [5.74, 6) is 2.65. The highest BCUT2D eigenvalue weighted by atomic mass is 15.1. The van der Waals surface area contributed by atoms with E-state index in [9.17, 15) is 0 Å². The second-order valence-electron chi connectivity index (χ2n) is 3.82. The fourth-order valence-electron chi connectivity index (χ4n) is 2.67. The zero-order valence-electron chi connectivity index (χ0n) is 6.62. The van der Waals surface area contributed by atoms with Gasteiger partial charge in [-0.25, -0.2) is 0 Å². The average Bonchev–Trinajstić information content (AvgIpc) is 2.53. The lowest BCUT2D eigenvalue weighted by molar-refractivity contribution is 0.497. The van der Waals surface area contributed by atoms with Crippen LogP contribution in [0.3, 0.4) is 0 Å². The lowest BCUT2D eigenvalue weighted by atomic mass is 9.98. The van der Waals surface area contributed by atoms with Gasteiger partial charge in [0, 0.05) is 5.92 Å². The molecule has 4 atom stereocenters. The van der Waals surface area contributed by atoms with Crippen LogP contribution < -0.4 is 5.32 Å². The van der Waals surface area contributed by atoms with Crippen LogP contribution in [0.4, 0.5) is 0 Å². The maximum Gasteiger partial charge on any atom is 0.0939 e. The van der Waals surface area contributed by atoms with Crippen molar-refractivity contribution in [1.82, 2.24) is 5.32 Å². The molecule has 1 saturated carbocycles. The monoisotopic (exact) mass is 148 g/mol. The highest BCUT2D eigenvalue weighted by Gasteiger charge is 2.47. The molecule has 0 saturated heterocycles. The summed E-state index contributed by atoms with van der Waals surface area (Å²) in [6.07, 6.45) is 6.03. The quantitative estimate of drug-likeness (QED) is 0.508. The molecule has 1 N–H and O–H groups in total. The Morgan fingerprint density at radius 2 is 2.27 bits per heavy atom. The Labute approximate surface area is 66.4 Å². The molecule has 2 aliphatic carbocycles. The number of fused-ring (bicyclic) bond motifs is 5. The third-order valence-electron chi connectivity index (χ3n) is 3.14. The van der Waals surface area contributed by atoms with Crippen molar-refractivity contribution >= 4 is 5.84 Å². The number of hydrogen-bond donors (Lipinski definition) is 1. The van der Waals surface area contributed by atoms with Gasteiger partial charge in [-0.3, -0.25) is 4.99 Å². The van der Waals surface area contributed by atoms with Crippen LogP contribution in [-0.2, 0) is 0 Å². The van der Waals surface area contributed by atoms with E-state index >= 15 is 0 Å². The highest BCUT2D eigenvalue weighted by molar-refractivity contribution is 5.82. The maximum absolute atomic E-state index is 4.59. The largest absolute Gasteiger partial charge is 0.369 e. The molecule has 0 spiro atoms. The first kappa shape index (κ1) is 5.81. The molecule has 11 heavy (non-hydrogen) atoms. The van der Waals surface area contributed by atoms with Gasteiger partial charge in [0.05, 0.1) is 17.9 Å². The first-order valence-electron chi connectivity index (χ1n) is 4.34. The van der Waals surface area contributed by atoms with E-state index in [1.165, 1.54) is 6.42 Å². The van der Waals surface area contributed by atoms with E-state index in [1.54, 1.807) is 0 Å². The summed E-state index contributed by atoms with van der Waals surface area (Å²) in [7, 11) is 0. The molecule has 1 aliphatic heterocycles. The van der Waals surface area contributed by atoms with Gasteiger partial charge in [0.25, 0.3) is 0 Å². The lowest BCUT2D eigenvalue weighted by Crippen LogP contribution is -2.36. The van der Waals surface area contributed by atoms with E-state index in [0.29, 0.717) is 12.1 Å². The Bertz CT molecular complexity index is 254. The molecule has 3 aliphatic rings. The highest BCUT2D eigenvalue weighted by Crippen LogP contribution is 2.42. The molecule has 0 aromatic carbocycles. The van der Waals surface area contributed by atoms with E-state index in [-0.39, 0.29) is 0 Å². The van der Waals surface area contributed by atoms with Crippen molar-refractivity contribution in [3.05, 3.63) is 12.2 Å². The molecule has 2 bridgehead atoms. The van der Waals surface area contributed by atoms with E-state index in [2.05, 4.69) is 29.4 Å². The van der Waals surface area contributed by atoms with Crippen LogP contribution in [0.5, 0.6) is 0 Å². The number of aliphatic imine (C=N–C) groups is 1. The molecule has 1 fully saturated rings. The van der Waals surface area contributed by atoms with Crippen molar-refractivity contribution < 1.29 is 0 Å². The Kier molecular flexibility index (Phi) is 0.888. The van der Waals surface area contributed by atoms with Crippen LogP contribution in [0, 0.1) is 11.8 Å². The first-order valence-corrected chi connectivity index (χ1v) is 4.34. The predicted molar refractivity (Wildman–Crippen MR) is 44.6 cm³/mol. The van der Waals surface area contributed by atoms with Gasteiger partial charge in [-0.15, -0.1) is 0 Å². The molecule has 1 heterocycles. The third kappa shape index (κ3) is 0.602. The summed E-state index contributed by atoms with van der Waals surface area (Å²) >= 11 is 0. The van der Waals surface area contributed by atoms with Gasteiger partial charge in [0.1, 0.15) is 0 Å². The van der Waals surface area contributed by atoms with E-state index in [0.717, 1.165) is 17.7 Å². The normalized spacial score (nSPS) is 50.8. The molecule has 0 amide bonds. The summed E-state index contributed by atoms with van der Waals surface area (Å²) in [4.78, 5) is 4.59. The third-order valence-corrected chi connectivity index (χ3v) is 3.14. The van der Waals surface area contributed by atoms with Crippen molar-refractivity contribution in [2.45, 2.75) is 25.4 Å². The van der Waals surface area contributed by atoms with Crippen LogP contribution in [0.15, 0.2) is 17.1 Å². The number of amidine groups is 1. The fraction of sp³-hybridized carbons (Fsp3) is 0.667. The minimum atomic E-state index is 0.574. The van der Waals surface area contributed by atoms with Crippen molar-refractivity contribution in [3.8, 4) is 0 Å². The van der Waals surface area contributed by atoms with Gasteiger partial charge in [-0.1, -0.05) is 12.2 Å². The summed E-state index contributed by atoms with van der Waals surface area (Å²) in [5, 5.41) is 3.45. The second-order valence-corrected chi connectivity index (χ2v) is 3.82. The first-order chi connectivity index (χ1) is 5.34. The van der Waals surface area contributed by atoms with Crippen LogP contribution in [-0.4, -0.2) is 17.9 Å². The molecule has 0 aromatic rings. The van der Waals surface area contributed by atoms with Crippen LogP contribution >= 0.6 is 0 Å². The number of nitrogens with one attached hydrogen (secondary N) is 1. The summed E-state index contributed by atoms with van der Waals surface area (Å²) < 4.78 is 0. The number of nitrogens with zero attached hydrogens (tertiary/aromatic N) is 1. The van der Waals surface area contributed by atoms with Gasteiger partial charge in [0.15, 0.2) is 0 Å². The van der Waals surface area contributed by atoms with Gasteiger partial charge in [-0.2, -0.15) is 0 Å². The molecule has 0 unspecified atom stereocenters. The van der Waals surface area contributed by atoms with Gasteiger partial charge in [0.2, 0.25) is 0 Å². The molecule has 0 aromatic heterocycles. The Hall–Kier alpha value is -0.790.